The highest BCUT2D eigenvalue weighted by Gasteiger charge is 2.18. The molecule has 21 heavy (non-hydrogen) atoms. The van der Waals surface area contributed by atoms with Crippen LogP contribution in [0.15, 0.2) is 23.7 Å². The molecule has 1 fully saturated rings. The number of piperidine rings is 1. The Morgan fingerprint density at radius 1 is 1.24 bits per heavy atom. The molecule has 108 valence electrons. The van der Waals surface area contributed by atoms with Crippen molar-refractivity contribution in [1.82, 2.24) is 19.7 Å². The minimum Gasteiger partial charge on any atom is -0.317 e. The fourth-order valence-corrected chi connectivity index (χ4v) is 3.92. The van der Waals surface area contributed by atoms with Gasteiger partial charge in [-0.25, -0.2) is 9.97 Å². The van der Waals surface area contributed by atoms with Crippen LogP contribution in [-0.2, 0) is 0 Å². The Morgan fingerprint density at radius 2 is 2.14 bits per heavy atom. The van der Waals surface area contributed by atoms with Crippen LogP contribution in [0.3, 0.4) is 0 Å². The second kappa shape index (κ2) is 5.67. The molecule has 1 saturated heterocycles. The van der Waals surface area contributed by atoms with Gasteiger partial charge in [0.15, 0.2) is 10.9 Å². The summed E-state index contributed by atoms with van der Waals surface area (Å²) in [5, 5.41) is 10.6. The Bertz CT molecular complexity index is 731. The predicted octanol–water partition coefficient (Wildman–Crippen LogP) is 3.36. The zero-order valence-corrected chi connectivity index (χ0v) is 13.0. The van der Waals surface area contributed by atoms with Gasteiger partial charge in [-0.2, -0.15) is 4.37 Å². The summed E-state index contributed by atoms with van der Waals surface area (Å²) in [4.78, 5) is 10.1. The van der Waals surface area contributed by atoms with E-state index in [2.05, 4.69) is 32.1 Å². The van der Waals surface area contributed by atoms with E-state index in [-0.39, 0.29) is 0 Å². The molecule has 0 aromatic carbocycles. The van der Waals surface area contributed by atoms with Crippen molar-refractivity contribution in [3.8, 4) is 0 Å². The van der Waals surface area contributed by atoms with Crippen molar-refractivity contribution in [1.29, 1.82) is 0 Å². The smallest absolute Gasteiger partial charge is 0.188 e. The summed E-state index contributed by atoms with van der Waals surface area (Å²) >= 11 is 3.02. The second-order valence-electron chi connectivity index (χ2n) is 5.11. The van der Waals surface area contributed by atoms with Gasteiger partial charge in [-0.15, -0.1) is 11.3 Å². The average Bonchev–Trinajstić information content (AvgIpc) is 3.18. The molecule has 0 bridgehead atoms. The SMILES string of the molecule is c1csc(Nc2nsc3nc(C4CCNCC4)ccc23)n1. The van der Waals surface area contributed by atoms with Crippen LogP contribution in [0.2, 0.25) is 0 Å². The van der Waals surface area contributed by atoms with E-state index in [4.69, 9.17) is 4.98 Å². The fourth-order valence-electron chi connectivity index (χ4n) is 2.66. The normalized spacial score (nSPS) is 16.4. The molecule has 3 aromatic rings. The standard InChI is InChI=1S/C14H15N5S2/c1-2-11(9-3-5-15-6-4-9)17-13-10(1)12(19-21-13)18-14-16-7-8-20-14/h1-2,7-9,15H,3-6H2,(H,16,18,19). The van der Waals surface area contributed by atoms with Crippen molar-refractivity contribution in [3.05, 3.63) is 29.4 Å². The Kier molecular flexibility index (Phi) is 3.54. The summed E-state index contributed by atoms with van der Waals surface area (Å²) in [7, 11) is 0. The molecular weight excluding hydrogens is 302 g/mol. The predicted molar refractivity (Wildman–Crippen MR) is 87.7 cm³/mol. The average molecular weight is 317 g/mol. The van der Waals surface area contributed by atoms with Gasteiger partial charge in [0.05, 0.1) is 5.39 Å². The first-order chi connectivity index (χ1) is 10.4. The Balaban J connectivity index is 1.63. The summed E-state index contributed by atoms with van der Waals surface area (Å²) in [6.45, 7) is 2.17. The fraction of sp³-hybridized carbons (Fsp3) is 0.357. The van der Waals surface area contributed by atoms with Crippen LogP contribution in [0.4, 0.5) is 10.9 Å². The van der Waals surface area contributed by atoms with Gasteiger partial charge in [0.2, 0.25) is 0 Å². The second-order valence-corrected chi connectivity index (χ2v) is 6.75. The van der Waals surface area contributed by atoms with E-state index in [0.29, 0.717) is 5.92 Å². The quantitative estimate of drug-likeness (QED) is 0.775. The number of anilines is 2. The van der Waals surface area contributed by atoms with Gasteiger partial charge >= 0.3 is 0 Å². The maximum Gasteiger partial charge on any atom is 0.188 e. The number of nitrogens with one attached hydrogen (secondary N) is 2. The van der Waals surface area contributed by atoms with Crippen molar-refractivity contribution in [2.45, 2.75) is 18.8 Å². The van der Waals surface area contributed by atoms with Crippen LogP contribution in [0, 0.1) is 0 Å². The molecule has 0 amide bonds. The maximum atomic E-state index is 4.82. The number of fused-ring (bicyclic) bond motifs is 1. The molecule has 0 spiro atoms. The molecule has 0 radical (unpaired) electrons. The monoisotopic (exact) mass is 317 g/mol. The lowest BCUT2D eigenvalue weighted by atomic mass is 9.94. The van der Waals surface area contributed by atoms with Crippen molar-refractivity contribution in [2.75, 3.05) is 18.4 Å². The van der Waals surface area contributed by atoms with Crippen molar-refractivity contribution >= 4 is 44.0 Å². The number of hydrogen-bond donors (Lipinski definition) is 2. The van der Waals surface area contributed by atoms with Crippen LogP contribution >= 0.6 is 22.9 Å². The largest absolute Gasteiger partial charge is 0.317 e. The molecule has 0 unspecified atom stereocenters. The summed E-state index contributed by atoms with van der Waals surface area (Å²) < 4.78 is 4.48. The highest BCUT2D eigenvalue weighted by Crippen LogP contribution is 2.31. The number of nitrogens with zero attached hydrogens (tertiary/aromatic N) is 3. The van der Waals surface area contributed by atoms with Crippen LogP contribution in [0.1, 0.15) is 24.5 Å². The lowest BCUT2D eigenvalue weighted by Gasteiger charge is -2.21. The van der Waals surface area contributed by atoms with Gasteiger partial charge < -0.3 is 10.6 Å². The first kappa shape index (κ1) is 13.1. The van der Waals surface area contributed by atoms with Gasteiger partial charge in [0.25, 0.3) is 0 Å². The third kappa shape index (κ3) is 2.64. The molecule has 5 nitrogen and oxygen atoms in total. The van der Waals surface area contributed by atoms with E-state index < -0.39 is 0 Å². The minimum absolute atomic E-state index is 0.577. The maximum absolute atomic E-state index is 4.82. The highest BCUT2D eigenvalue weighted by atomic mass is 32.1. The van der Waals surface area contributed by atoms with Crippen LogP contribution < -0.4 is 10.6 Å². The van der Waals surface area contributed by atoms with E-state index >= 15 is 0 Å². The third-order valence-electron chi connectivity index (χ3n) is 3.78. The van der Waals surface area contributed by atoms with Crippen molar-refractivity contribution in [2.24, 2.45) is 0 Å². The highest BCUT2D eigenvalue weighted by molar-refractivity contribution is 7.14. The Labute approximate surface area is 130 Å². The molecule has 1 aliphatic heterocycles. The van der Waals surface area contributed by atoms with E-state index in [1.807, 2.05) is 5.38 Å². The van der Waals surface area contributed by atoms with Gasteiger partial charge in [-0.3, -0.25) is 0 Å². The van der Waals surface area contributed by atoms with Gasteiger partial charge in [-0.1, -0.05) is 0 Å². The molecule has 0 saturated carbocycles. The number of pyridine rings is 1. The van der Waals surface area contributed by atoms with Gasteiger partial charge in [0.1, 0.15) is 4.83 Å². The first-order valence-corrected chi connectivity index (χ1v) is 8.69. The molecule has 2 N–H and O–H groups in total. The number of thiazole rings is 1. The molecule has 4 rings (SSSR count). The van der Waals surface area contributed by atoms with Gasteiger partial charge in [-0.05, 0) is 49.6 Å². The van der Waals surface area contributed by atoms with Crippen molar-refractivity contribution < 1.29 is 0 Å². The molecule has 1 aliphatic rings. The van der Waals surface area contributed by atoms with Crippen LogP contribution in [0.5, 0.6) is 0 Å². The molecule has 0 aliphatic carbocycles. The first-order valence-electron chi connectivity index (χ1n) is 7.04. The van der Waals surface area contributed by atoms with Crippen molar-refractivity contribution in [3.63, 3.8) is 0 Å². The molecular formula is C14H15N5S2. The summed E-state index contributed by atoms with van der Waals surface area (Å²) in [5.41, 5.74) is 1.20. The van der Waals surface area contributed by atoms with Crippen LogP contribution in [-0.4, -0.2) is 27.4 Å². The topological polar surface area (TPSA) is 62.7 Å². The molecule has 7 heteroatoms. The molecule has 0 atom stereocenters. The number of hydrogen-bond acceptors (Lipinski definition) is 7. The lowest BCUT2D eigenvalue weighted by Crippen LogP contribution is -2.26. The van der Waals surface area contributed by atoms with E-state index in [9.17, 15) is 0 Å². The third-order valence-corrected chi connectivity index (χ3v) is 5.22. The number of aromatic nitrogens is 3. The van der Waals surface area contributed by atoms with Gasteiger partial charge in [0, 0.05) is 23.2 Å². The summed E-state index contributed by atoms with van der Waals surface area (Å²) in [5.74, 6) is 1.43. The van der Waals surface area contributed by atoms with Crippen LogP contribution in [0.25, 0.3) is 10.2 Å². The van der Waals surface area contributed by atoms with E-state index in [1.165, 1.54) is 30.1 Å². The molecule has 4 heterocycles. The van der Waals surface area contributed by atoms with E-state index in [0.717, 1.165) is 34.3 Å². The summed E-state index contributed by atoms with van der Waals surface area (Å²) in [6.07, 6.45) is 4.12. The minimum atomic E-state index is 0.577. The Morgan fingerprint density at radius 3 is 2.95 bits per heavy atom. The zero-order valence-electron chi connectivity index (χ0n) is 11.4. The number of rotatable bonds is 3. The summed E-state index contributed by atoms with van der Waals surface area (Å²) in [6, 6.07) is 4.29. The molecule has 3 aromatic heterocycles. The lowest BCUT2D eigenvalue weighted by molar-refractivity contribution is 0.454. The van der Waals surface area contributed by atoms with E-state index in [1.54, 1.807) is 17.5 Å². The Hall–Kier alpha value is -1.57. The zero-order chi connectivity index (χ0) is 14.1.